The minimum Gasteiger partial charge on any atom is -0.325 e. The van der Waals surface area contributed by atoms with Crippen molar-refractivity contribution in [2.75, 3.05) is 5.32 Å². The lowest BCUT2D eigenvalue weighted by Gasteiger charge is -2.19. The number of aromatic nitrogens is 1. The molecule has 0 saturated heterocycles. The molecule has 1 aromatic heterocycles. The first-order valence-electron chi connectivity index (χ1n) is 10.5. The first kappa shape index (κ1) is 22.5. The number of nitrogens with zero attached hydrogens (tertiary/aromatic N) is 1. The van der Waals surface area contributed by atoms with Gasteiger partial charge in [-0.1, -0.05) is 81.0 Å². The van der Waals surface area contributed by atoms with Gasteiger partial charge in [0.25, 0.3) is 0 Å². The maximum atomic E-state index is 13.1. The monoisotopic (exact) mass is 398 g/mol. The van der Waals surface area contributed by atoms with Gasteiger partial charge in [0.05, 0.1) is 10.3 Å². The quantitative estimate of drug-likeness (QED) is 0.332. The molecule has 1 aromatic carbocycles. The molecule has 4 heteroatoms. The van der Waals surface area contributed by atoms with Gasteiger partial charge in [0.1, 0.15) is 0 Å². The number of benzene rings is 1. The van der Waals surface area contributed by atoms with Crippen molar-refractivity contribution in [3.8, 4) is 0 Å². The SMILES string of the molecule is CCCCCCCCC(Sc1ccccn1)C(=O)Nc1c(C)cc(C)cc1C. The van der Waals surface area contributed by atoms with Crippen molar-refractivity contribution in [2.24, 2.45) is 0 Å². The van der Waals surface area contributed by atoms with Crippen molar-refractivity contribution in [1.29, 1.82) is 0 Å². The second kappa shape index (κ2) is 11.9. The highest BCUT2D eigenvalue weighted by Crippen LogP contribution is 2.28. The maximum Gasteiger partial charge on any atom is 0.237 e. The Morgan fingerprint density at radius 1 is 1.04 bits per heavy atom. The number of carbonyl (C=O) groups is 1. The van der Waals surface area contributed by atoms with E-state index in [9.17, 15) is 4.79 Å². The van der Waals surface area contributed by atoms with Gasteiger partial charge in [-0.3, -0.25) is 4.79 Å². The van der Waals surface area contributed by atoms with Gasteiger partial charge in [-0.05, 0) is 50.5 Å². The summed E-state index contributed by atoms with van der Waals surface area (Å²) in [6.07, 6.45) is 10.0. The van der Waals surface area contributed by atoms with E-state index in [1.54, 1.807) is 18.0 Å². The van der Waals surface area contributed by atoms with E-state index in [0.717, 1.165) is 34.7 Å². The van der Waals surface area contributed by atoms with Crippen LogP contribution in [0.3, 0.4) is 0 Å². The third-order valence-corrected chi connectivity index (χ3v) is 6.16. The van der Waals surface area contributed by atoms with E-state index in [4.69, 9.17) is 0 Å². The van der Waals surface area contributed by atoms with Crippen LogP contribution in [-0.2, 0) is 4.79 Å². The molecule has 1 amide bonds. The van der Waals surface area contributed by atoms with Crippen molar-refractivity contribution in [3.63, 3.8) is 0 Å². The maximum absolute atomic E-state index is 13.1. The molecule has 0 aliphatic heterocycles. The number of amides is 1. The van der Waals surface area contributed by atoms with E-state index in [-0.39, 0.29) is 11.2 Å². The predicted molar refractivity (Wildman–Crippen MR) is 121 cm³/mol. The van der Waals surface area contributed by atoms with Crippen molar-refractivity contribution in [1.82, 2.24) is 4.98 Å². The summed E-state index contributed by atoms with van der Waals surface area (Å²) < 4.78 is 0. The number of rotatable bonds is 11. The van der Waals surface area contributed by atoms with Gasteiger partial charge in [-0.15, -0.1) is 0 Å². The largest absolute Gasteiger partial charge is 0.325 e. The Kier molecular flexibility index (Phi) is 9.56. The molecule has 1 heterocycles. The van der Waals surface area contributed by atoms with E-state index in [1.165, 1.54) is 37.7 Å². The van der Waals surface area contributed by atoms with Crippen LogP contribution in [0.5, 0.6) is 0 Å². The molecule has 0 aliphatic carbocycles. The molecule has 152 valence electrons. The first-order chi connectivity index (χ1) is 13.5. The summed E-state index contributed by atoms with van der Waals surface area (Å²) in [5.41, 5.74) is 4.41. The molecule has 0 spiro atoms. The zero-order chi connectivity index (χ0) is 20.4. The summed E-state index contributed by atoms with van der Waals surface area (Å²) in [5, 5.41) is 3.98. The standard InChI is InChI=1S/C24H34N2OS/c1-5-6-7-8-9-10-13-21(28-22-14-11-12-15-25-22)24(27)26-23-19(3)16-18(2)17-20(23)4/h11-12,14-17,21H,5-10,13H2,1-4H3,(H,26,27). The third kappa shape index (κ3) is 7.31. The van der Waals surface area contributed by atoms with E-state index in [1.807, 2.05) is 18.2 Å². The molecule has 2 rings (SSSR count). The lowest BCUT2D eigenvalue weighted by molar-refractivity contribution is -0.115. The number of nitrogens with one attached hydrogen (secondary N) is 1. The number of anilines is 1. The molecule has 3 nitrogen and oxygen atoms in total. The van der Waals surface area contributed by atoms with E-state index in [2.05, 4.69) is 50.1 Å². The average Bonchev–Trinajstić information content (AvgIpc) is 2.67. The number of hydrogen-bond donors (Lipinski definition) is 1. The van der Waals surface area contributed by atoms with Crippen LogP contribution in [0.25, 0.3) is 0 Å². The molecular formula is C24H34N2OS. The Bertz CT molecular complexity index is 723. The van der Waals surface area contributed by atoms with Gasteiger partial charge >= 0.3 is 0 Å². The van der Waals surface area contributed by atoms with Crippen LogP contribution in [0.4, 0.5) is 5.69 Å². The van der Waals surface area contributed by atoms with Gasteiger partial charge in [0.15, 0.2) is 0 Å². The molecule has 2 aromatic rings. The fourth-order valence-corrected chi connectivity index (χ4v) is 4.52. The van der Waals surface area contributed by atoms with Crippen LogP contribution in [0.15, 0.2) is 41.6 Å². The summed E-state index contributed by atoms with van der Waals surface area (Å²) in [6.45, 7) is 8.44. The van der Waals surface area contributed by atoms with Gasteiger partial charge in [-0.2, -0.15) is 0 Å². The zero-order valence-corrected chi connectivity index (χ0v) is 18.6. The lowest BCUT2D eigenvalue weighted by Crippen LogP contribution is -2.26. The predicted octanol–water partition coefficient (Wildman–Crippen LogP) is 6.86. The van der Waals surface area contributed by atoms with Crippen LogP contribution in [0.2, 0.25) is 0 Å². The Hall–Kier alpha value is -1.81. The number of hydrogen-bond acceptors (Lipinski definition) is 3. The van der Waals surface area contributed by atoms with Crippen molar-refractivity contribution in [3.05, 3.63) is 53.2 Å². The minimum absolute atomic E-state index is 0.0827. The highest BCUT2D eigenvalue weighted by Gasteiger charge is 2.21. The summed E-state index contributed by atoms with van der Waals surface area (Å²) in [7, 11) is 0. The smallest absolute Gasteiger partial charge is 0.237 e. The fourth-order valence-electron chi connectivity index (χ4n) is 3.50. The molecule has 0 bridgehead atoms. The second-order valence-electron chi connectivity index (χ2n) is 7.59. The summed E-state index contributed by atoms with van der Waals surface area (Å²) in [6, 6.07) is 10.1. The second-order valence-corrected chi connectivity index (χ2v) is 8.82. The highest BCUT2D eigenvalue weighted by molar-refractivity contribution is 8.00. The molecule has 1 unspecified atom stereocenters. The van der Waals surface area contributed by atoms with E-state index in [0.29, 0.717) is 0 Å². The third-order valence-electron chi connectivity index (χ3n) is 4.94. The van der Waals surface area contributed by atoms with E-state index >= 15 is 0 Å². The topological polar surface area (TPSA) is 42.0 Å². The van der Waals surface area contributed by atoms with Crippen LogP contribution >= 0.6 is 11.8 Å². The Labute approximate surface area is 174 Å². The van der Waals surface area contributed by atoms with Crippen LogP contribution in [0, 0.1) is 20.8 Å². The molecule has 0 radical (unpaired) electrons. The summed E-state index contributed by atoms with van der Waals surface area (Å²) in [4.78, 5) is 17.5. The average molecular weight is 399 g/mol. The number of pyridine rings is 1. The molecule has 28 heavy (non-hydrogen) atoms. The molecule has 0 fully saturated rings. The van der Waals surface area contributed by atoms with Gasteiger partial charge in [0.2, 0.25) is 5.91 Å². The van der Waals surface area contributed by atoms with Crippen molar-refractivity contribution < 1.29 is 4.79 Å². The van der Waals surface area contributed by atoms with Crippen LogP contribution < -0.4 is 5.32 Å². The van der Waals surface area contributed by atoms with Crippen LogP contribution in [-0.4, -0.2) is 16.1 Å². The first-order valence-corrected chi connectivity index (χ1v) is 11.4. The lowest BCUT2D eigenvalue weighted by atomic mass is 10.0. The van der Waals surface area contributed by atoms with Crippen molar-refractivity contribution in [2.45, 2.75) is 82.9 Å². The van der Waals surface area contributed by atoms with Crippen LogP contribution in [0.1, 0.15) is 68.6 Å². The highest BCUT2D eigenvalue weighted by atomic mass is 32.2. The van der Waals surface area contributed by atoms with E-state index < -0.39 is 0 Å². The zero-order valence-electron chi connectivity index (χ0n) is 17.8. The summed E-state index contributed by atoms with van der Waals surface area (Å²) >= 11 is 1.58. The molecular weight excluding hydrogens is 364 g/mol. The van der Waals surface area contributed by atoms with Crippen molar-refractivity contribution >= 4 is 23.4 Å². The van der Waals surface area contributed by atoms with Gasteiger partial charge < -0.3 is 5.32 Å². The number of thioether (sulfide) groups is 1. The minimum atomic E-state index is -0.124. The Morgan fingerprint density at radius 3 is 2.36 bits per heavy atom. The Morgan fingerprint density at radius 2 is 1.71 bits per heavy atom. The molecule has 1 atom stereocenters. The molecule has 0 aliphatic rings. The fraction of sp³-hybridized carbons (Fsp3) is 0.500. The molecule has 0 saturated carbocycles. The normalized spacial score (nSPS) is 12.0. The number of unbranched alkanes of at least 4 members (excludes halogenated alkanes) is 5. The number of aryl methyl sites for hydroxylation is 3. The number of carbonyl (C=O) groups excluding carboxylic acids is 1. The summed E-state index contributed by atoms with van der Waals surface area (Å²) in [5.74, 6) is 0.0827. The Balaban J connectivity index is 2.03. The van der Waals surface area contributed by atoms with Gasteiger partial charge in [-0.25, -0.2) is 4.98 Å². The van der Waals surface area contributed by atoms with Gasteiger partial charge in [0, 0.05) is 11.9 Å². The molecule has 1 N–H and O–H groups in total.